The second-order valence-electron chi connectivity index (χ2n) is 6.98. The Bertz CT molecular complexity index is 770. The highest BCUT2D eigenvalue weighted by atomic mass is 16.2. The molecule has 0 bridgehead atoms. The molecule has 128 valence electrons. The zero-order valence-electron chi connectivity index (χ0n) is 14.4. The van der Waals surface area contributed by atoms with E-state index < -0.39 is 0 Å². The van der Waals surface area contributed by atoms with Gasteiger partial charge < -0.3 is 4.90 Å². The van der Waals surface area contributed by atoms with Crippen LogP contribution in [-0.2, 0) is 11.2 Å². The molecule has 0 aliphatic carbocycles. The third-order valence-corrected chi connectivity index (χ3v) is 5.16. The van der Waals surface area contributed by atoms with Crippen molar-refractivity contribution in [3.05, 3.63) is 23.3 Å². The van der Waals surface area contributed by atoms with Crippen LogP contribution in [0.2, 0.25) is 0 Å². The number of rotatable bonds is 2. The van der Waals surface area contributed by atoms with Crippen molar-refractivity contribution in [1.29, 1.82) is 0 Å². The average Bonchev–Trinajstić information content (AvgIpc) is 2.97. The molecule has 2 aromatic rings. The molecule has 4 heterocycles. The first kappa shape index (κ1) is 15.5. The van der Waals surface area contributed by atoms with Gasteiger partial charge in [-0.2, -0.15) is 4.98 Å². The summed E-state index contributed by atoms with van der Waals surface area (Å²) < 4.78 is 1.72. The molecular formula is C17H24N6O. The number of amides is 1. The summed E-state index contributed by atoms with van der Waals surface area (Å²) in [6.45, 7) is 7.77. The van der Waals surface area contributed by atoms with E-state index in [-0.39, 0.29) is 12.3 Å². The lowest BCUT2D eigenvalue weighted by molar-refractivity contribution is -0.134. The van der Waals surface area contributed by atoms with Gasteiger partial charge in [0.1, 0.15) is 0 Å². The minimum absolute atomic E-state index is 0.130. The quantitative estimate of drug-likeness (QED) is 0.822. The summed E-state index contributed by atoms with van der Waals surface area (Å²) in [5.74, 6) is 1.27. The Kier molecular flexibility index (Phi) is 3.96. The van der Waals surface area contributed by atoms with Crippen molar-refractivity contribution in [2.24, 2.45) is 0 Å². The molecule has 0 radical (unpaired) electrons. The largest absolute Gasteiger partial charge is 0.339 e. The lowest BCUT2D eigenvalue weighted by atomic mass is 9.99. The van der Waals surface area contributed by atoms with Gasteiger partial charge in [0.25, 0.3) is 5.78 Å². The predicted molar refractivity (Wildman–Crippen MR) is 89.8 cm³/mol. The standard InChI is InChI=1S/C17H24N6O/c1-12-9-13(2)23-17(18-12)19-15(20-23)10-16(24)22-8-7-21-6-4-3-5-14(21)11-22/h9,14H,3-8,10-11H2,1-2H3. The second-order valence-corrected chi connectivity index (χ2v) is 6.98. The number of piperidine rings is 1. The molecule has 7 heteroatoms. The molecule has 2 aliphatic rings. The molecule has 0 saturated carbocycles. The first-order valence-electron chi connectivity index (χ1n) is 8.82. The molecule has 2 aliphatic heterocycles. The Morgan fingerprint density at radius 1 is 1.21 bits per heavy atom. The Balaban J connectivity index is 1.47. The van der Waals surface area contributed by atoms with E-state index in [4.69, 9.17) is 0 Å². The number of carbonyl (C=O) groups excluding carboxylic acids is 1. The summed E-state index contributed by atoms with van der Waals surface area (Å²) in [6, 6.07) is 2.51. The first-order valence-corrected chi connectivity index (χ1v) is 8.82. The van der Waals surface area contributed by atoms with Crippen molar-refractivity contribution in [3.63, 3.8) is 0 Å². The van der Waals surface area contributed by atoms with Crippen molar-refractivity contribution >= 4 is 11.7 Å². The van der Waals surface area contributed by atoms with Crippen LogP contribution in [0, 0.1) is 13.8 Å². The summed E-state index contributed by atoms with van der Waals surface area (Å²) in [7, 11) is 0. The Morgan fingerprint density at radius 2 is 2.08 bits per heavy atom. The molecule has 2 fully saturated rings. The van der Waals surface area contributed by atoms with E-state index in [1.165, 1.54) is 25.8 Å². The van der Waals surface area contributed by atoms with Crippen molar-refractivity contribution in [2.45, 2.75) is 45.6 Å². The fraction of sp³-hybridized carbons (Fsp3) is 0.647. The number of aromatic nitrogens is 4. The van der Waals surface area contributed by atoms with Gasteiger partial charge in [-0.3, -0.25) is 9.69 Å². The molecule has 0 N–H and O–H groups in total. The smallest absolute Gasteiger partial charge is 0.252 e. The predicted octanol–water partition coefficient (Wildman–Crippen LogP) is 0.980. The summed E-state index contributed by atoms with van der Waals surface area (Å²) in [6.07, 6.45) is 4.04. The number of hydrogen-bond donors (Lipinski definition) is 0. The zero-order valence-corrected chi connectivity index (χ0v) is 14.4. The minimum atomic E-state index is 0.130. The number of fused-ring (bicyclic) bond motifs is 2. The van der Waals surface area contributed by atoms with Gasteiger partial charge in [0.05, 0.1) is 6.42 Å². The summed E-state index contributed by atoms with van der Waals surface area (Å²) in [5.41, 5.74) is 1.90. The summed E-state index contributed by atoms with van der Waals surface area (Å²) in [5, 5.41) is 4.45. The maximum atomic E-state index is 12.7. The molecule has 1 atom stereocenters. The molecule has 0 spiro atoms. The molecule has 1 amide bonds. The van der Waals surface area contributed by atoms with Crippen LogP contribution < -0.4 is 0 Å². The minimum Gasteiger partial charge on any atom is -0.339 e. The van der Waals surface area contributed by atoms with E-state index in [9.17, 15) is 4.79 Å². The second kappa shape index (κ2) is 6.12. The van der Waals surface area contributed by atoms with Crippen molar-refractivity contribution < 1.29 is 4.79 Å². The molecule has 7 nitrogen and oxygen atoms in total. The van der Waals surface area contributed by atoms with Gasteiger partial charge in [-0.1, -0.05) is 6.42 Å². The third kappa shape index (κ3) is 2.88. The number of hydrogen-bond acceptors (Lipinski definition) is 5. The maximum absolute atomic E-state index is 12.7. The van der Waals surface area contributed by atoms with E-state index in [0.717, 1.165) is 31.0 Å². The highest BCUT2D eigenvalue weighted by molar-refractivity contribution is 5.78. The first-order chi connectivity index (χ1) is 11.6. The molecular weight excluding hydrogens is 304 g/mol. The van der Waals surface area contributed by atoms with Crippen molar-refractivity contribution in [1.82, 2.24) is 29.4 Å². The lowest BCUT2D eigenvalue weighted by Gasteiger charge is -2.44. The average molecular weight is 328 g/mol. The van der Waals surface area contributed by atoms with Crippen LogP contribution in [0.1, 0.15) is 36.5 Å². The van der Waals surface area contributed by atoms with Crippen LogP contribution in [0.15, 0.2) is 6.07 Å². The molecule has 4 rings (SSSR count). The zero-order chi connectivity index (χ0) is 16.7. The molecule has 1 unspecified atom stereocenters. The van der Waals surface area contributed by atoms with Crippen LogP contribution in [0.25, 0.3) is 5.78 Å². The number of aryl methyl sites for hydroxylation is 2. The van der Waals surface area contributed by atoms with Gasteiger partial charge in [0.15, 0.2) is 5.82 Å². The topological polar surface area (TPSA) is 66.6 Å². The molecule has 2 aromatic heterocycles. The van der Waals surface area contributed by atoms with Crippen LogP contribution >= 0.6 is 0 Å². The number of carbonyl (C=O) groups is 1. The fourth-order valence-corrected chi connectivity index (χ4v) is 3.91. The van der Waals surface area contributed by atoms with Crippen molar-refractivity contribution in [3.8, 4) is 0 Å². The Morgan fingerprint density at radius 3 is 2.96 bits per heavy atom. The van der Waals surface area contributed by atoms with E-state index in [1.807, 2.05) is 24.8 Å². The fourth-order valence-electron chi connectivity index (χ4n) is 3.91. The normalized spacial score (nSPS) is 21.9. The Labute approximate surface area is 141 Å². The van der Waals surface area contributed by atoms with Gasteiger partial charge in [0.2, 0.25) is 5.91 Å². The van der Waals surface area contributed by atoms with Crippen LogP contribution in [-0.4, -0.2) is 67.5 Å². The van der Waals surface area contributed by atoms with E-state index in [2.05, 4.69) is 20.0 Å². The highest BCUT2D eigenvalue weighted by Gasteiger charge is 2.31. The van der Waals surface area contributed by atoms with E-state index in [1.54, 1.807) is 4.52 Å². The number of piperazine rings is 1. The monoisotopic (exact) mass is 328 g/mol. The van der Waals surface area contributed by atoms with Gasteiger partial charge in [-0.05, 0) is 39.3 Å². The van der Waals surface area contributed by atoms with Gasteiger partial charge in [-0.15, -0.1) is 5.10 Å². The molecule has 24 heavy (non-hydrogen) atoms. The highest BCUT2D eigenvalue weighted by Crippen LogP contribution is 2.21. The lowest BCUT2D eigenvalue weighted by Crippen LogP contribution is -2.56. The number of nitrogens with zero attached hydrogens (tertiary/aromatic N) is 6. The van der Waals surface area contributed by atoms with Gasteiger partial charge in [0, 0.05) is 37.1 Å². The molecule has 0 aromatic carbocycles. The SMILES string of the molecule is Cc1cc(C)n2nc(CC(=O)N3CCN4CCCCC4C3)nc2n1. The van der Waals surface area contributed by atoms with Gasteiger partial charge >= 0.3 is 0 Å². The molecule has 2 saturated heterocycles. The Hall–Kier alpha value is -2.02. The van der Waals surface area contributed by atoms with Crippen molar-refractivity contribution in [2.75, 3.05) is 26.2 Å². The van der Waals surface area contributed by atoms with Crippen LogP contribution in [0.4, 0.5) is 0 Å². The third-order valence-electron chi connectivity index (χ3n) is 5.16. The van der Waals surface area contributed by atoms with E-state index >= 15 is 0 Å². The maximum Gasteiger partial charge on any atom is 0.252 e. The van der Waals surface area contributed by atoms with Gasteiger partial charge in [-0.25, -0.2) is 9.50 Å². The summed E-state index contributed by atoms with van der Waals surface area (Å²) in [4.78, 5) is 26.0. The summed E-state index contributed by atoms with van der Waals surface area (Å²) >= 11 is 0. The van der Waals surface area contributed by atoms with E-state index in [0.29, 0.717) is 17.6 Å². The van der Waals surface area contributed by atoms with Crippen LogP contribution in [0.5, 0.6) is 0 Å². The van der Waals surface area contributed by atoms with Crippen LogP contribution in [0.3, 0.4) is 0 Å².